The number of hydrogen-bond acceptors (Lipinski definition) is 2. The Kier molecular flexibility index (Phi) is 9.30. The Morgan fingerprint density at radius 2 is 2.00 bits per heavy atom. The summed E-state index contributed by atoms with van der Waals surface area (Å²) in [5, 5.41) is 8.72. The van der Waals surface area contributed by atoms with Gasteiger partial charge in [0.1, 0.15) is 0 Å². The van der Waals surface area contributed by atoms with Crippen LogP contribution in [0.4, 0.5) is 0 Å². The van der Waals surface area contributed by atoms with Crippen LogP contribution >= 0.6 is 0 Å². The average Bonchev–Trinajstić information content (AvgIpc) is 2.23. The van der Waals surface area contributed by atoms with Crippen molar-refractivity contribution in [3.05, 3.63) is 0 Å². The maximum absolute atomic E-state index is 10.6. The van der Waals surface area contributed by atoms with E-state index in [1.54, 1.807) is 0 Å². The molecule has 0 fully saturated rings. The number of aliphatic carboxylic acids is 1. The number of rotatable bonds is 10. The lowest BCUT2D eigenvalue weighted by Crippen LogP contribution is -2.20. The average molecular weight is 229 g/mol. The van der Waals surface area contributed by atoms with Crippen LogP contribution in [-0.2, 0) is 4.79 Å². The van der Waals surface area contributed by atoms with Crippen LogP contribution in [0.25, 0.3) is 0 Å². The molecule has 0 aromatic rings. The second kappa shape index (κ2) is 9.64. The topological polar surface area (TPSA) is 63.3 Å². The molecule has 0 aliphatic carbocycles. The fourth-order valence-corrected chi connectivity index (χ4v) is 2.12. The number of carbonyl (C=O) groups is 1. The number of carboxylic acids is 1. The Hall–Kier alpha value is -0.570. The smallest absolute Gasteiger partial charge is 0.303 e. The number of carboxylic acid groups (broad SMARTS) is 1. The third-order valence-electron chi connectivity index (χ3n) is 3.08. The maximum Gasteiger partial charge on any atom is 0.303 e. The highest BCUT2D eigenvalue weighted by Crippen LogP contribution is 2.20. The van der Waals surface area contributed by atoms with E-state index in [1.807, 2.05) is 0 Å². The zero-order valence-electron chi connectivity index (χ0n) is 10.7. The van der Waals surface area contributed by atoms with Gasteiger partial charge in [-0.25, -0.2) is 0 Å². The molecule has 0 bridgehead atoms. The van der Waals surface area contributed by atoms with E-state index in [2.05, 4.69) is 13.8 Å². The second-order valence-electron chi connectivity index (χ2n) is 4.89. The molecule has 0 radical (unpaired) electrons. The maximum atomic E-state index is 10.6. The number of nitrogens with two attached hydrogens (primary N) is 1. The zero-order valence-corrected chi connectivity index (χ0v) is 10.7. The van der Waals surface area contributed by atoms with Gasteiger partial charge >= 0.3 is 5.97 Å². The van der Waals surface area contributed by atoms with Crippen LogP contribution in [0.5, 0.6) is 0 Å². The molecule has 3 nitrogen and oxygen atoms in total. The van der Waals surface area contributed by atoms with Gasteiger partial charge in [0, 0.05) is 6.42 Å². The van der Waals surface area contributed by atoms with Gasteiger partial charge in [0.2, 0.25) is 0 Å². The van der Waals surface area contributed by atoms with Gasteiger partial charge in [0.25, 0.3) is 0 Å². The second-order valence-corrected chi connectivity index (χ2v) is 4.89. The quantitative estimate of drug-likeness (QED) is 0.566. The van der Waals surface area contributed by atoms with E-state index in [0.717, 1.165) is 6.42 Å². The summed E-state index contributed by atoms with van der Waals surface area (Å²) in [6.45, 7) is 4.91. The predicted molar refractivity (Wildman–Crippen MR) is 67.3 cm³/mol. The van der Waals surface area contributed by atoms with Crippen LogP contribution in [0, 0.1) is 11.8 Å². The van der Waals surface area contributed by atoms with Crippen LogP contribution in [0.15, 0.2) is 0 Å². The lowest BCUT2D eigenvalue weighted by atomic mass is 9.90. The van der Waals surface area contributed by atoms with E-state index >= 15 is 0 Å². The van der Waals surface area contributed by atoms with Gasteiger partial charge < -0.3 is 10.8 Å². The van der Waals surface area contributed by atoms with Gasteiger partial charge in [-0.15, -0.1) is 0 Å². The molecule has 0 heterocycles. The highest BCUT2D eigenvalue weighted by molar-refractivity contribution is 5.67. The molecule has 0 saturated carbocycles. The van der Waals surface area contributed by atoms with Crippen molar-refractivity contribution in [2.24, 2.45) is 17.6 Å². The minimum absolute atomic E-state index is 0.152. The van der Waals surface area contributed by atoms with E-state index < -0.39 is 5.97 Å². The van der Waals surface area contributed by atoms with Crippen molar-refractivity contribution in [2.45, 2.75) is 58.8 Å². The molecule has 96 valence electrons. The lowest BCUT2D eigenvalue weighted by molar-refractivity contribution is -0.138. The molecule has 16 heavy (non-hydrogen) atoms. The molecule has 0 aliphatic heterocycles. The molecule has 0 saturated heterocycles. The highest BCUT2D eigenvalue weighted by Gasteiger charge is 2.14. The van der Waals surface area contributed by atoms with Gasteiger partial charge in [-0.05, 0) is 24.8 Å². The van der Waals surface area contributed by atoms with Crippen LogP contribution in [-0.4, -0.2) is 17.6 Å². The SMILES string of the molecule is CCCCCC[C@@H](C)C[C@@H](CN)CC(=O)O. The van der Waals surface area contributed by atoms with Crippen molar-refractivity contribution >= 4 is 5.97 Å². The Labute approximate surface area is 99.4 Å². The summed E-state index contributed by atoms with van der Waals surface area (Å²) in [5.41, 5.74) is 5.58. The van der Waals surface area contributed by atoms with Crippen molar-refractivity contribution in [3.63, 3.8) is 0 Å². The van der Waals surface area contributed by atoms with Gasteiger partial charge in [-0.2, -0.15) is 0 Å². The van der Waals surface area contributed by atoms with Crippen molar-refractivity contribution in [1.29, 1.82) is 0 Å². The largest absolute Gasteiger partial charge is 0.481 e. The standard InChI is InChI=1S/C13H27NO2/c1-3-4-5-6-7-11(2)8-12(10-14)9-13(15)16/h11-12H,3-10,14H2,1-2H3,(H,15,16)/t11-,12-/m1/s1. The van der Waals surface area contributed by atoms with Crippen LogP contribution in [0.3, 0.4) is 0 Å². The molecular weight excluding hydrogens is 202 g/mol. The zero-order chi connectivity index (χ0) is 12.4. The molecule has 2 atom stereocenters. The minimum atomic E-state index is -0.728. The summed E-state index contributed by atoms with van der Waals surface area (Å²) in [5.74, 6) is 0.0251. The fraction of sp³-hybridized carbons (Fsp3) is 0.923. The van der Waals surface area contributed by atoms with Crippen LogP contribution < -0.4 is 5.73 Å². The van der Waals surface area contributed by atoms with E-state index in [4.69, 9.17) is 10.8 Å². The molecule has 0 unspecified atom stereocenters. The molecule has 0 amide bonds. The first-order valence-corrected chi connectivity index (χ1v) is 6.52. The fourth-order valence-electron chi connectivity index (χ4n) is 2.12. The summed E-state index contributed by atoms with van der Waals surface area (Å²) < 4.78 is 0. The van der Waals surface area contributed by atoms with Gasteiger partial charge in [0.05, 0.1) is 0 Å². The van der Waals surface area contributed by atoms with Gasteiger partial charge in [0.15, 0.2) is 0 Å². The normalized spacial score (nSPS) is 14.7. The lowest BCUT2D eigenvalue weighted by Gasteiger charge is -2.17. The van der Waals surface area contributed by atoms with Crippen molar-refractivity contribution in [1.82, 2.24) is 0 Å². The predicted octanol–water partition coefficient (Wildman–Crippen LogP) is 3.03. The van der Waals surface area contributed by atoms with E-state index in [9.17, 15) is 4.79 Å². The number of hydrogen-bond donors (Lipinski definition) is 2. The first-order chi connectivity index (χ1) is 7.60. The van der Waals surface area contributed by atoms with E-state index in [0.29, 0.717) is 12.5 Å². The highest BCUT2D eigenvalue weighted by atomic mass is 16.4. The summed E-state index contributed by atoms with van der Waals surface area (Å²) >= 11 is 0. The van der Waals surface area contributed by atoms with Crippen molar-refractivity contribution in [2.75, 3.05) is 6.54 Å². The molecule has 0 rings (SSSR count). The third kappa shape index (κ3) is 8.72. The van der Waals surface area contributed by atoms with Crippen molar-refractivity contribution < 1.29 is 9.90 Å². The summed E-state index contributed by atoms with van der Waals surface area (Å²) in [7, 11) is 0. The first-order valence-electron chi connectivity index (χ1n) is 6.52. The Balaban J connectivity index is 3.65. The molecule has 0 aliphatic rings. The van der Waals surface area contributed by atoms with E-state index in [1.165, 1.54) is 32.1 Å². The Bertz CT molecular complexity index is 183. The Morgan fingerprint density at radius 3 is 2.50 bits per heavy atom. The van der Waals surface area contributed by atoms with Gasteiger partial charge in [-0.3, -0.25) is 4.79 Å². The van der Waals surface area contributed by atoms with E-state index in [-0.39, 0.29) is 12.3 Å². The molecule has 3 heteroatoms. The molecule has 0 spiro atoms. The Morgan fingerprint density at radius 1 is 1.31 bits per heavy atom. The van der Waals surface area contributed by atoms with Crippen LogP contribution in [0.2, 0.25) is 0 Å². The monoisotopic (exact) mass is 229 g/mol. The minimum Gasteiger partial charge on any atom is -0.481 e. The third-order valence-corrected chi connectivity index (χ3v) is 3.08. The summed E-state index contributed by atoms with van der Waals surface area (Å²) in [6.07, 6.45) is 7.51. The molecule has 0 aromatic heterocycles. The van der Waals surface area contributed by atoms with Crippen LogP contribution in [0.1, 0.15) is 58.8 Å². The summed E-state index contributed by atoms with van der Waals surface area (Å²) in [4.78, 5) is 10.6. The first kappa shape index (κ1) is 15.4. The molecule has 3 N–H and O–H groups in total. The molecular formula is C13H27NO2. The van der Waals surface area contributed by atoms with Gasteiger partial charge in [-0.1, -0.05) is 46.0 Å². The number of unbranched alkanes of at least 4 members (excludes halogenated alkanes) is 3. The molecule has 0 aromatic carbocycles. The summed E-state index contributed by atoms with van der Waals surface area (Å²) in [6, 6.07) is 0. The van der Waals surface area contributed by atoms with Crippen molar-refractivity contribution in [3.8, 4) is 0 Å².